The van der Waals surface area contributed by atoms with Crippen molar-refractivity contribution in [2.24, 2.45) is 5.41 Å². The highest BCUT2D eigenvalue weighted by molar-refractivity contribution is 5.62. The summed E-state index contributed by atoms with van der Waals surface area (Å²) in [4.78, 5) is 0. The van der Waals surface area contributed by atoms with Crippen molar-refractivity contribution in [3.63, 3.8) is 0 Å². The van der Waals surface area contributed by atoms with E-state index >= 15 is 0 Å². The van der Waals surface area contributed by atoms with Crippen LogP contribution in [0.1, 0.15) is 24.8 Å². The standard InChI is InChI=1S/C14H19N3O/c1-18-7-6-14(4-5-14)10-17-12-3-2-11(9-15)13(16)8-12/h2-3,8,17H,4-7,10,16H2,1H3. The predicted octanol–water partition coefficient (Wildman–Crippen LogP) is 2.37. The molecule has 3 N–H and O–H groups in total. The van der Waals surface area contributed by atoms with Crippen LogP contribution in [0.4, 0.5) is 11.4 Å². The van der Waals surface area contributed by atoms with Crippen LogP contribution >= 0.6 is 0 Å². The van der Waals surface area contributed by atoms with Gasteiger partial charge in [0.25, 0.3) is 0 Å². The molecule has 1 aromatic rings. The maximum Gasteiger partial charge on any atom is 0.101 e. The van der Waals surface area contributed by atoms with Crippen molar-refractivity contribution in [2.45, 2.75) is 19.3 Å². The van der Waals surface area contributed by atoms with Crippen molar-refractivity contribution in [2.75, 3.05) is 31.3 Å². The Balaban J connectivity index is 1.91. The topological polar surface area (TPSA) is 71.1 Å². The number of anilines is 2. The number of methoxy groups -OCH3 is 1. The lowest BCUT2D eigenvalue weighted by molar-refractivity contribution is 0.175. The number of benzene rings is 1. The van der Waals surface area contributed by atoms with Crippen LogP contribution in [0.5, 0.6) is 0 Å². The van der Waals surface area contributed by atoms with E-state index in [1.807, 2.05) is 12.1 Å². The van der Waals surface area contributed by atoms with Crippen LogP contribution < -0.4 is 11.1 Å². The molecule has 0 unspecified atom stereocenters. The molecule has 1 aliphatic rings. The average Bonchev–Trinajstić information content (AvgIpc) is 3.15. The largest absolute Gasteiger partial charge is 0.398 e. The van der Waals surface area contributed by atoms with E-state index in [9.17, 15) is 0 Å². The number of nitrogens with two attached hydrogens (primary N) is 1. The van der Waals surface area contributed by atoms with Gasteiger partial charge in [-0.15, -0.1) is 0 Å². The molecule has 0 aromatic heterocycles. The summed E-state index contributed by atoms with van der Waals surface area (Å²) in [6.07, 6.45) is 3.62. The molecular formula is C14H19N3O. The van der Waals surface area contributed by atoms with E-state index in [1.54, 1.807) is 13.2 Å². The van der Waals surface area contributed by atoms with Crippen LogP contribution in [0.3, 0.4) is 0 Å². The van der Waals surface area contributed by atoms with Gasteiger partial charge in [-0.1, -0.05) is 0 Å². The third kappa shape index (κ3) is 2.93. The number of ether oxygens (including phenoxy) is 1. The number of nitrogen functional groups attached to an aromatic ring is 1. The van der Waals surface area contributed by atoms with Crippen molar-refractivity contribution in [3.8, 4) is 6.07 Å². The maximum absolute atomic E-state index is 8.81. The summed E-state index contributed by atoms with van der Waals surface area (Å²) < 4.78 is 5.14. The highest BCUT2D eigenvalue weighted by Crippen LogP contribution is 2.48. The Morgan fingerprint density at radius 2 is 2.28 bits per heavy atom. The number of hydrogen-bond donors (Lipinski definition) is 2. The molecule has 0 saturated heterocycles. The fourth-order valence-corrected chi connectivity index (χ4v) is 2.07. The molecule has 0 aliphatic heterocycles. The molecule has 18 heavy (non-hydrogen) atoms. The van der Waals surface area contributed by atoms with Crippen LogP contribution in [0.15, 0.2) is 18.2 Å². The van der Waals surface area contributed by atoms with E-state index in [0.717, 1.165) is 25.3 Å². The van der Waals surface area contributed by atoms with Gasteiger partial charge in [-0.25, -0.2) is 0 Å². The van der Waals surface area contributed by atoms with Crippen LogP contribution in [-0.2, 0) is 4.74 Å². The Morgan fingerprint density at radius 3 is 2.83 bits per heavy atom. The summed E-state index contributed by atoms with van der Waals surface area (Å²) in [7, 11) is 1.74. The summed E-state index contributed by atoms with van der Waals surface area (Å²) in [6, 6.07) is 7.55. The van der Waals surface area contributed by atoms with E-state index in [0.29, 0.717) is 16.7 Å². The zero-order valence-electron chi connectivity index (χ0n) is 10.7. The Morgan fingerprint density at radius 1 is 1.50 bits per heavy atom. The molecule has 0 amide bonds. The van der Waals surface area contributed by atoms with Crippen LogP contribution in [0, 0.1) is 16.7 Å². The normalized spacial score (nSPS) is 16.0. The van der Waals surface area contributed by atoms with Gasteiger partial charge in [-0.05, 0) is 42.9 Å². The fraction of sp³-hybridized carbons (Fsp3) is 0.500. The Kier molecular flexibility index (Phi) is 3.73. The molecule has 4 heteroatoms. The molecular weight excluding hydrogens is 226 g/mol. The first-order valence-corrected chi connectivity index (χ1v) is 6.22. The molecule has 0 radical (unpaired) electrons. The van der Waals surface area contributed by atoms with Gasteiger partial charge in [0.1, 0.15) is 6.07 Å². The second-order valence-electron chi connectivity index (χ2n) is 5.01. The summed E-state index contributed by atoms with van der Waals surface area (Å²) in [5.41, 5.74) is 8.23. The van der Waals surface area contributed by atoms with Crippen molar-refractivity contribution in [1.82, 2.24) is 0 Å². The molecule has 1 aliphatic carbocycles. The molecule has 96 valence electrons. The van der Waals surface area contributed by atoms with E-state index in [-0.39, 0.29) is 0 Å². The summed E-state index contributed by atoms with van der Waals surface area (Å²) in [6.45, 7) is 1.76. The van der Waals surface area contributed by atoms with Crippen molar-refractivity contribution in [3.05, 3.63) is 23.8 Å². The summed E-state index contributed by atoms with van der Waals surface area (Å²) in [5, 5.41) is 12.2. The van der Waals surface area contributed by atoms with Crippen LogP contribution in [-0.4, -0.2) is 20.3 Å². The predicted molar refractivity (Wildman–Crippen MR) is 72.2 cm³/mol. The van der Waals surface area contributed by atoms with Crippen molar-refractivity contribution >= 4 is 11.4 Å². The first-order chi connectivity index (χ1) is 8.69. The van der Waals surface area contributed by atoms with E-state index in [4.69, 9.17) is 15.7 Å². The van der Waals surface area contributed by atoms with Gasteiger partial charge < -0.3 is 15.8 Å². The quantitative estimate of drug-likeness (QED) is 0.755. The number of nitriles is 1. The Labute approximate surface area is 108 Å². The minimum absolute atomic E-state index is 0.401. The van der Waals surface area contributed by atoms with Gasteiger partial charge in [-0.3, -0.25) is 0 Å². The maximum atomic E-state index is 8.81. The highest BCUT2D eigenvalue weighted by Gasteiger charge is 2.41. The zero-order valence-corrected chi connectivity index (χ0v) is 10.7. The molecule has 0 heterocycles. The molecule has 0 spiro atoms. The van der Waals surface area contributed by atoms with Gasteiger partial charge in [-0.2, -0.15) is 5.26 Å². The second kappa shape index (κ2) is 5.28. The number of hydrogen-bond acceptors (Lipinski definition) is 4. The molecule has 0 atom stereocenters. The summed E-state index contributed by atoms with van der Waals surface area (Å²) >= 11 is 0. The number of rotatable bonds is 6. The first kappa shape index (κ1) is 12.7. The lowest BCUT2D eigenvalue weighted by Crippen LogP contribution is -2.17. The van der Waals surface area contributed by atoms with Crippen LogP contribution in [0.2, 0.25) is 0 Å². The number of nitrogens with zero attached hydrogens (tertiary/aromatic N) is 1. The van der Waals surface area contributed by atoms with Gasteiger partial charge >= 0.3 is 0 Å². The first-order valence-electron chi connectivity index (χ1n) is 6.22. The van der Waals surface area contributed by atoms with Crippen LogP contribution in [0.25, 0.3) is 0 Å². The molecule has 1 saturated carbocycles. The molecule has 2 rings (SSSR count). The molecule has 4 nitrogen and oxygen atoms in total. The Hall–Kier alpha value is -1.73. The minimum atomic E-state index is 0.401. The minimum Gasteiger partial charge on any atom is -0.398 e. The van der Waals surface area contributed by atoms with Gasteiger partial charge in [0, 0.05) is 25.9 Å². The molecule has 0 bridgehead atoms. The SMILES string of the molecule is COCCC1(CNc2ccc(C#N)c(N)c2)CC1. The monoisotopic (exact) mass is 245 g/mol. The van der Waals surface area contributed by atoms with E-state index in [2.05, 4.69) is 11.4 Å². The number of nitrogens with one attached hydrogen (secondary N) is 1. The zero-order chi connectivity index (χ0) is 13.0. The third-order valence-corrected chi connectivity index (χ3v) is 3.63. The average molecular weight is 245 g/mol. The third-order valence-electron chi connectivity index (χ3n) is 3.63. The smallest absolute Gasteiger partial charge is 0.101 e. The highest BCUT2D eigenvalue weighted by atomic mass is 16.5. The lowest BCUT2D eigenvalue weighted by Gasteiger charge is -2.16. The van der Waals surface area contributed by atoms with E-state index < -0.39 is 0 Å². The lowest BCUT2D eigenvalue weighted by atomic mass is 10.0. The van der Waals surface area contributed by atoms with Crippen molar-refractivity contribution < 1.29 is 4.74 Å². The summed E-state index contributed by atoms with van der Waals surface area (Å²) in [5.74, 6) is 0. The Bertz CT molecular complexity index is 461. The molecule has 1 aromatic carbocycles. The van der Waals surface area contributed by atoms with E-state index in [1.165, 1.54) is 12.8 Å². The fourth-order valence-electron chi connectivity index (χ4n) is 2.07. The van der Waals surface area contributed by atoms with Gasteiger partial charge in [0.2, 0.25) is 0 Å². The van der Waals surface area contributed by atoms with Gasteiger partial charge in [0.05, 0.1) is 11.3 Å². The van der Waals surface area contributed by atoms with Crippen molar-refractivity contribution in [1.29, 1.82) is 5.26 Å². The van der Waals surface area contributed by atoms with Gasteiger partial charge in [0.15, 0.2) is 0 Å². The second-order valence-corrected chi connectivity index (χ2v) is 5.01. The molecule has 1 fully saturated rings.